The van der Waals surface area contributed by atoms with E-state index in [1.54, 1.807) is 0 Å². The summed E-state index contributed by atoms with van der Waals surface area (Å²) in [5, 5.41) is 3.71. The third kappa shape index (κ3) is 2.49. The van der Waals surface area contributed by atoms with Crippen molar-refractivity contribution < 1.29 is 9.47 Å². The van der Waals surface area contributed by atoms with Gasteiger partial charge in [0.2, 0.25) is 0 Å². The highest BCUT2D eigenvalue weighted by atomic mass is 16.6. The third-order valence-electron chi connectivity index (χ3n) is 4.31. The monoisotopic (exact) mass is 281 g/mol. The molecule has 2 aromatic carbocycles. The largest absolute Gasteiger partial charge is 0.486 e. The van der Waals surface area contributed by atoms with Crippen LogP contribution >= 0.6 is 0 Å². The summed E-state index contributed by atoms with van der Waals surface area (Å²) < 4.78 is 11.2. The zero-order valence-corrected chi connectivity index (χ0v) is 12.0. The van der Waals surface area contributed by atoms with Crippen molar-refractivity contribution in [2.75, 3.05) is 13.2 Å². The van der Waals surface area contributed by atoms with E-state index in [0.29, 0.717) is 13.2 Å². The molecule has 0 aromatic heterocycles. The first kappa shape index (κ1) is 12.7. The SMILES string of the molecule is c1ccc(C2(NCc3ccc4c(c3)OCCO4)CC2)cc1. The fraction of sp³-hybridized carbons (Fsp3) is 0.333. The predicted octanol–water partition coefficient (Wildman–Crippen LogP) is 3.24. The highest BCUT2D eigenvalue weighted by molar-refractivity contribution is 5.44. The van der Waals surface area contributed by atoms with Crippen LogP contribution in [0.15, 0.2) is 48.5 Å². The van der Waals surface area contributed by atoms with Gasteiger partial charge >= 0.3 is 0 Å². The van der Waals surface area contributed by atoms with Crippen molar-refractivity contribution in [1.29, 1.82) is 0 Å². The lowest BCUT2D eigenvalue weighted by molar-refractivity contribution is 0.171. The zero-order valence-electron chi connectivity index (χ0n) is 12.0. The fourth-order valence-electron chi connectivity index (χ4n) is 2.92. The predicted molar refractivity (Wildman–Crippen MR) is 81.6 cm³/mol. The first-order valence-corrected chi connectivity index (χ1v) is 7.55. The Balaban J connectivity index is 1.48. The second kappa shape index (κ2) is 5.08. The first-order chi connectivity index (χ1) is 10.4. The maximum Gasteiger partial charge on any atom is 0.161 e. The van der Waals surface area contributed by atoms with E-state index < -0.39 is 0 Å². The molecule has 1 aliphatic carbocycles. The van der Waals surface area contributed by atoms with Crippen LogP contribution in [-0.4, -0.2) is 13.2 Å². The van der Waals surface area contributed by atoms with E-state index in [4.69, 9.17) is 9.47 Å². The second-order valence-corrected chi connectivity index (χ2v) is 5.78. The molecule has 0 amide bonds. The Labute approximate surface area is 124 Å². The Morgan fingerprint density at radius 1 is 0.905 bits per heavy atom. The first-order valence-electron chi connectivity index (χ1n) is 7.55. The molecule has 4 rings (SSSR count). The zero-order chi connectivity index (χ0) is 14.1. The number of rotatable bonds is 4. The Morgan fingerprint density at radius 3 is 2.43 bits per heavy atom. The highest BCUT2D eigenvalue weighted by Gasteiger charge is 2.43. The van der Waals surface area contributed by atoms with Gasteiger partial charge in [-0.3, -0.25) is 0 Å². The van der Waals surface area contributed by atoms with Crippen molar-refractivity contribution in [3.05, 3.63) is 59.7 Å². The molecule has 2 aromatic rings. The quantitative estimate of drug-likeness (QED) is 0.933. The highest BCUT2D eigenvalue weighted by Crippen LogP contribution is 2.45. The summed E-state index contributed by atoms with van der Waals surface area (Å²) in [7, 11) is 0. The van der Waals surface area contributed by atoms with E-state index >= 15 is 0 Å². The van der Waals surface area contributed by atoms with Crippen molar-refractivity contribution in [2.24, 2.45) is 0 Å². The summed E-state index contributed by atoms with van der Waals surface area (Å²) in [6, 6.07) is 16.9. The molecule has 2 aliphatic rings. The van der Waals surface area contributed by atoms with Crippen molar-refractivity contribution >= 4 is 0 Å². The van der Waals surface area contributed by atoms with Gasteiger partial charge in [0.05, 0.1) is 0 Å². The summed E-state index contributed by atoms with van der Waals surface area (Å²) in [4.78, 5) is 0. The Morgan fingerprint density at radius 2 is 1.67 bits per heavy atom. The molecule has 1 heterocycles. The van der Waals surface area contributed by atoms with Crippen molar-refractivity contribution in [2.45, 2.75) is 24.9 Å². The van der Waals surface area contributed by atoms with Gasteiger partial charge in [-0.05, 0) is 36.1 Å². The van der Waals surface area contributed by atoms with Crippen LogP contribution in [0.4, 0.5) is 0 Å². The molecule has 0 spiro atoms. The van der Waals surface area contributed by atoms with Gasteiger partial charge in [-0.25, -0.2) is 0 Å². The Hall–Kier alpha value is -2.00. The molecular weight excluding hydrogens is 262 g/mol. The number of fused-ring (bicyclic) bond motifs is 1. The Kier molecular flexibility index (Phi) is 3.08. The molecule has 21 heavy (non-hydrogen) atoms. The van der Waals surface area contributed by atoms with Gasteiger partial charge in [-0.1, -0.05) is 36.4 Å². The van der Waals surface area contributed by atoms with Gasteiger partial charge in [0.25, 0.3) is 0 Å². The van der Waals surface area contributed by atoms with Crippen LogP contribution in [0, 0.1) is 0 Å². The molecule has 0 radical (unpaired) electrons. The van der Waals surface area contributed by atoms with E-state index in [-0.39, 0.29) is 5.54 Å². The molecule has 0 saturated heterocycles. The number of nitrogens with one attached hydrogen (secondary N) is 1. The summed E-state index contributed by atoms with van der Waals surface area (Å²) >= 11 is 0. The molecule has 1 fully saturated rings. The second-order valence-electron chi connectivity index (χ2n) is 5.78. The van der Waals surface area contributed by atoms with Gasteiger partial charge < -0.3 is 14.8 Å². The minimum Gasteiger partial charge on any atom is -0.486 e. The maximum atomic E-state index is 5.64. The van der Waals surface area contributed by atoms with E-state index in [1.165, 1.54) is 24.0 Å². The molecule has 1 N–H and O–H groups in total. The summed E-state index contributed by atoms with van der Waals surface area (Å²) in [6.45, 7) is 2.13. The van der Waals surface area contributed by atoms with Gasteiger partial charge in [0.15, 0.2) is 11.5 Å². The van der Waals surface area contributed by atoms with Crippen molar-refractivity contribution in [3.63, 3.8) is 0 Å². The van der Waals surface area contributed by atoms with Crippen molar-refractivity contribution in [1.82, 2.24) is 5.32 Å². The van der Waals surface area contributed by atoms with Crippen LogP contribution < -0.4 is 14.8 Å². The lowest BCUT2D eigenvalue weighted by Gasteiger charge is -2.21. The molecule has 1 saturated carbocycles. The van der Waals surface area contributed by atoms with E-state index in [0.717, 1.165) is 18.0 Å². The molecule has 0 unspecified atom stereocenters. The fourth-order valence-corrected chi connectivity index (χ4v) is 2.92. The van der Waals surface area contributed by atoms with Crippen LogP contribution in [0.3, 0.4) is 0 Å². The van der Waals surface area contributed by atoms with E-state index in [9.17, 15) is 0 Å². The number of hydrogen-bond acceptors (Lipinski definition) is 3. The third-order valence-corrected chi connectivity index (χ3v) is 4.31. The van der Waals surface area contributed by atoms with Crippen LogP contribution in [0.1, 0.15) is 24.0 Å². The summed E-state index contributed by atoms with van der Waals surface area (Å²) in [6.07, 6.45) is 2.42. The van der Waals surface area contributed by atoms with Crippen molar-refractivity contribution in [3.8, 4) is 11.5 Å². The van der Waals surface area contributed by atoms with E-state index in [1.807, 2.05) is 6.07 Å². The normalized spacial score (nSPS) is 18.3. The van der Waals surface area contributed by atoms with Gasteiger partial charge in [0, 0.05) is 12.1 Å². The lowest BCUT2D eigenvalue weighted by Crippen LogP contribution is -2.28. The molecule has 0 bridgehead atoms. The lowest BCUT2D eigenvalue weighted by atomic mass is 10.0. The molecule has 108 valence electrons. The van der Waals surface area contributed by atoms with Crippen LogP contribution in [-0.2, 0) is 12.1 Å². The summed E-state index contributed by atoms with van der Waals surface area (Å²) in [5.41, 5.74) is 2.80. The summed E-state index contributed by atoms with van der Waals surface area (Å²) in [5.74, 6) is 1.72. The molecule has 1 aliphatic heterocycles. The minimum atomic E-state index is 0.175. The van der Waals surface area contributed by atoms with E-state index in [2.05, 4.69) is 47.8 Å². The molecule has 3 heteroatoms. The van der Waals surface area contributed by atoms with Crippen LogP contribution in [0.5, 0.6) is 11.5 Å². The van der Waals surface area contributed by atoms with Gasteiger partial charge in [-0.2, -0.15) is 0 Å². The van der Waals surface area contributed by atoms with Gasteiger partial charge in [0.1, 0.15) is 13.2 Å². The van der Waals surface area contributed by atoms with Gasteiger partial charge in [-0.15, -0.1) is 0 Å². The number of hydrogen-bond donors (Lipinski definition) is 1. The maximum absolute atomic E-state index is 5.64. The average Bonchev–Trinajstić information content (AvgIpc) is 3.35. The number of benzene rings is 2. The molecular formula is C18H19NO2. The standard InChI is InChI=1S/C18H19NO2/c1-2-4-15(5-3-1)18(8-9-18)19-13-14-6-7-16-17(12-14)21-11-10-20-16/h1-7,12,19H,8-11,13H2. The Bertz CT molecular complexity index is 635. The molecule has 3 nitrogen and oxygen atoms in total. The average molecular weight is 281 g/mol. The number of ether oxygens (including phenoxy) is 2. The smallest absolute Gasteiger partial charge is 0.161 e. The minimum absolute atomic E-state index is 0.175. The van der Waals surface area contributed by atoms with Crippen LogP contribution in [0.2, 0.25) is 0 Å². The van der Waals surface area contributed by atoms with Crippen LogP contribution in [0.25, 0.3) is 0 Å². The molecule has 0 atom stereocenters. The topological polar surface area (TPSA) is 30.5 Å².